The fourth-order valence-corrected chi connectivity index (χ4v) is 5.98. The second kappa shape index (κ2) is 7.58. The molecule has 0 N–H and O–H groups in total. The van der Waals surface area contributed by atoms with Gasteiger partial charge in [0.25, 0.3) is 0 Å². The quantitative estimate of drug-likeness (QED) is 0.162. The zero-order chi connectivity index (χ0) is 22.9. The molecule has 0 saturated carbocycles. The van der Waals surface area contributed by atoms with E-state index in [0.29, 0.717) is 16.1 Å². The smallest absolute Gasteiger partial charge is 0.197 e. The number of Topliss-reactive ketones (excluding diaryl/α,β-unsaturated/α-hetero) is 2. The molecular formula is C26H14Br2N2O2S. The number of rotatable bonds is 2. The Morgan fingerprint density at radius 1 is 0.879 bits per heavy atom. The molecule has 4 nitrogen and oxygen atoms in total. The van der Waals surface area contributed by atoms with Crippen LogP contribution in [0, 0.1) is 0 Å². The van der Waals surface area contributed by atoms with Crippen molar-refractivity contribution >= 4 is 82.0 Å². The first-order valence-electron chi connectivity index (χ1n) is 10.2. The summed E-state index contributed by atoms with van der Waals surface area (Å²) in [7, 11) is 1.98. The average Bonchev–Trinajstić information content (AvgIpc) is 3.42. The van der Waals surface area contributed by atoms with E-state index in [1.54, 1.807) is 18.2 Å². The van der Waals surface area contributed by atoms with Crippen molar-refractivity contribution in [3.8, 4) is 11.3 Å². The standard InChI is InChI=1S/C26H14Br2N2O2S/c1-30-21(13-5-3-2-4-6-13)12-22-26(30)29-23(33-22)11-18-24(31)16-7-14-9-19(27)20(28)10-15(14)8-17(16)25(18)32/h2-12H,1H3. The largest absolute Gasteiger partial charge is 0.328 e. The van der Waals surface area contributed by atoms with Gasteiger partial charge >= 0.3 is 0 Å². The van der Waals surface area contributed by atoms with Crippen LogP contribution in [-0.4, -0.2) is 21.1 Å². The fourth-order valence-electron chi connectivity index (χ4n) is 4.28. The summed E-state index contributed by atoms with van der Waals surface area (Å²) in [4.78, 5) is 31.0. The van der Waals surface area contributed by atoms with Crippen LogP contribution in [0.3, 0.4) is 0 Å². The highest BCUT2D eigenvalue weighted by molar-refractivity contribution is 9.13. The summed E-state index contributed by atoms with van der Waals surface area (Å²) in [5, 5.41) is 2.45. The molecule has 0 spiro atoms. The second-order valence-corrected chi connectivity index (χ2v) is 10.7. The summed E-state index contributed by atoms with van der Waals surface area (Å²) in [6.07, 6.45) is 1.63. The van der Waals surface area contributed by atoms with E-state index in [1.165, 1.54) is 11.3 Å². The lowest BCUT2D eigenvalue weighted by Crippen LogP contribution is -2.00. The number of thiazole rings is 1. The molecule has 5 aromatic rings. The molecule has 6 rings (SSSR count). The summed E-state index contributed by atoms with van der Waals surface area (Å²) < 4.78 is 4.84. The Morgan fingerprint density at radius 3 is 2.06 bits per heavy atom. The Labute approximate surface area is 209 Å². The number of aryl methyl sites for hydroxylation is 1. The molecule has 1 aliphatic rings. The highest BCUT2D eigenvalue weighted by Gasteiger charge is 2.34. The first kappa shape index (κ1) is 20.7. The lowest BCUT2D eigenvalue weighted by Gasteiger charge is -2.04. The Morgan fingerprint density at radius 2 is 1.48 bits per heavy atom. The van der Waals surface area contributed by atoms with Gasteiger partial charge in [-0.1, -0.05) is 30.3 Å². The highest BCUT2D eigenvalue weighted by atomic mass is 79.9. The minimum absolute atomic E-state index is 0.167. The van der Waals surface area contributed by atoms with E-state index in [1.807, 2.05) is 41.9 Å². The molecule has 3 aromatic carbocycles. The van der Waals surface area contributed by atoms with Gasteiger partial charge in [-0.15, -0.1) is 11.3 Å². The third kappa shape index (κ3) is 3.26. The first-order valence-corrected chi connectivity index (χ1v) is 12.6. The van der Waals surface area contributed by atoms with Crippen molar-refractivity contribution in [1.82, 2.24) is 9.55 Å². The molecule has 1 aliphatic carbocycles. The van der Waals surface area contributed by atoms with Crippen LogP contribution >= 0.6 is 43.2 Å². The second-order valence-electron chi connectivity index (χ2n) is 7.92. The van der Waals surface area contributed by atoms with Gasteiger partial charge < -0.3 is 4.57 Å². The lowest BCUT2D eigenvalue weighted by atomic mass is 10.0. The Balaban J connectivity index is 1.42. The number of ketones is 2. The summed E-state index contributed by atoms with van der Waals surface area (Å²) in [5.74, 6) is -0.500. The molecule has 0 saturated heterocycles. The van der Waals surface area contributed by atoms with Gasteiger partial charge in [-0.05, 0) is 84.6 Å². The van der Waals surface area contributed by atoms with Crippen LogP contribution in [0.4, 0.5) is 0 Å². The summed E-state index contributed by atoms with van der Waals surface area (Å²) in [5.41, 5.74) is 4.09. The number of benzene rings is 3. The Kier molecular flexibility index (Phi) is 4.76. The normalized spacial score (nSPS) is 13.4. The van der Waals surface area contributed by atoms with Crippen LogP contribution in [0.5, 0.6) is 0 Å². The van der Waals surface area contributed by atoms with Gasteiger partial charge in [0.2, 0.25) is 0 Å². The molecule has 2 aromatic heterocycles. The van der Waals surface area contributed by atoms with Crippen LogP contribution in [-0.2, 0) is 7.05 Å². The van der Waals surface area contributed by atoms with Crippen LogP contribution in [0.25, 0.3) is 38.5 Å². The molecule has 0 atom stereocenters. The molecule has 33 heavy (non-hydrogen) atoms. The van der Waals surface area contributed by atoms with Gasteiger partial charge in [0, 0.05) is 27.1 Å². The molecule has 0 unspecified atom stereocenters. The molecule has 2 heterocycles. The predicted molar refractivity (Wildman–Crippen MR) is 140 cm³/mol. The monoisotopic (exact) mass is 576 g/mol. The maximum Gasteiger partial charge on any atom is 0.197 e. The van der Waals surface area contributed by atoms with Crippen LogP contribution < -0.4 is 0 Å². The van der Waals surface area contributed by atoms with Crippen molar-refractivity contribution in [1.29, 1.82) is 0 Å². The highest BCUT2D eigenvalue weighted by Crippen LogP contribution is 2.36. The van der Waals surface area contributed by atoms with Crippen molar-refractivity contribution in [3.05, 3.63) is 91.3 Å². The minimum Gasteiger partial charge on any atom is -0.328 e. The molecule has 160 valence electrons. The number of fused-ring (bicyclic) bond motifs is 3. The summed E-state index contributed by atoms with van der Waals surface area (Å²) in [6, 6.07) is 19.7. The van der Waals surface area contributed by atoms with Crippen LogP contribution in [0.2, 0.25) is 0 Å². The van der Waals surface area contributed by atoms with E-state index in [-0.39, 0.29) is 17.1 Å². The van der Waals surface area contributed by atoms with Gasteiger partial charge in [-0.25, -0.2) is 4.98 Å². The summed E-state index contributed by atoms with van der Waals surface area (Å²) in [6.45, 7) is 0. The van der Waals surface area contributed by atoms with E-state index in [2.05, 4.69) is 50.1 Å². The topological polar surface area (TPSA) is 52.0 Å². The third-order valence-corrected chi connectivity index (χ3v) is 8.71. The van der Waals surface area contributed by atoms with Crippen molar-refractivity contribution < 1.29 is 9.59 Å². The molecule has 0 fully saturated rings. The number of allylic oxidation sites excluding steroid dienone is 1. The van der Waals surface area contributed by atoms with Gasteiger partial charge in [-0.2, -0.15) is 0 Å². The van der Waals surface area contributed by atoms with Crippen molar-refractivity contribution in [3.63, 3.8) is 0 Å². The van der Waals surface area contributed by atoms with Crippen molar-refractivity contribution in [2.75, 3.05) is 0 Å². The number of hydrogen-bond acceptors (Lipinski definition) is 4. The number of halogens is 2. The Hall–Kier alpha value is -2.87. The van der Waals surface area contributed by atoms with Crippen LogP contribution in [0.1, 0.15) is 25.7 Å². The maximum atomic E-state index is 13.1. The molecular weight excluding hydrogens is 564 g/mol. The number of carbonyl (C=O) groups is 2. The fraction of sp³-hybridized carbons (Fsp3) is 0.0385. The number of nitrogens with zero attached hydrogens (tertiary/aromatic N) is 2. The number of aromatic nitrogens is 2. The molecule has 0 radical (unpaired) electrons. The van der Waals surface area contributed by atoms with Crippen molar-refractivity contribution in [2.45, 2.75) is 0 Å². The molecule has 0 amide bonds. The SMILES string of the molecule is Cn1c(-c2ccccc2)cc2sc(C=C3C(=O)c4cc5cc(Br)c(Br)cc5cc4C3=O)nc21. The van der Waals surface area contributed by atoms with E-state index < -0.39 is 0 Å². The van der Waals surface area contributed by atoms with Gasteiger partial charge in [0.1, 0.15) is 5.01 Å². The average molecular weight is 578 g/mol. The lowest BCUT2D eigenvalue weighted by molar-refractivity contribution is 0.0990. The molecule has 0 aliphatic heterocycles. The predicted octanol–water partition coefficient (Wildman–Crippen LogP) is 7.44. The molecule has 0 bridgehead atoms. The Bertz CT molecular complexity index is 1620. The van der Waals surface area contributed by atoms with E-state index in [9.17, 15) is 9.59 Å². The summed E-state index contributed by atoms with van der Waals surface area (Å²) >= 11 is 8.48. The van der Waals surface area contributed by atoms with Gasteiger partial charge in [-0.3, -0.25) is 9.59 Å². The zero-order valence-corrected chi connectivity index (χ0v) is 21.2. The number of hydrogen-bond donors (Lipinski definition) is 0. The van der Waals surface area contributed by atoms with E-state index in [4.69, 9.17) is 4.98 Å². The van der Waals surface area contributed by atoms with Gasteiger partial charge in [0.05, 0.1) is 16.0 Å². The molecule has 7 heteroatoms. The first-order chi connectivity index (χ1) is 15.9. The third-order valence-electron chi connectivity index (χ3n) is 5.93. The van der Waals surface area contributed by atoms with Gasteiger partial charge in [0.15, 0.2) is 17.2 Å². The zero-order valence-electron chi connectivity index (χ0n) is 17.2. The minimum atomic E-state index is -0.250. The van der Waals surface area contributed by atoms with Crippen LogP contribution in [0.15, 0.2) is 75.2 Å². The van der Waals surface area contributed by atoms with E-state index >= 15 is 0 Å². The van der Waals surface area contributed by atoms with E-state index in [0.717, 1.165) is 41.3 Å². The maximum absolute atomic E-state index is 13.1. The van der Waals surface area contributed by atoms with Crippen molar-refractivity contribution in [2.24, 2.45) is 7.05 Å². The number of carbonyl (C=O) groups excluding carboxylic acids is 2.